The van der Waals surface area contributed by atoms with Crippen molar-refractivity contribution in [3.05, 3.63) is 44.7 Å². The summed E-state index contributed by atoms with van der Waals surface area (Å²) in [4.78, 5) is 24.3. The topological polar surface area (TPSA) is 48.3 Å². The summed E-state index contributed by atoms with van der Waals surface area (Å²) in [6.45, 7) is 1.59. The number of aromatic nitrogens is 1. The van der Waals surface area contributed by atoms with Crippen molar-refractivity contribution >= 4 is 28.5 Å². The lowest BCUT2D eigenvalue weighted by atomic mass is 10.1. The molecule has 2 atom stereocenters. The molecule has 0 N–H and O–H groups in total. The van der Waals surface area contributed by atoms with Gasteiger partial charge in [0.1, 0.15) is 16.8 Å². The number of nitrogens with zero attached hydrogens (tertiary/aromatic N) is 1. The second kappa shape index (κ2) is 5.56. The van der Waals surface area contributed by atoms with Crippen LogP contribution in [-0.2, 0) is 4.74 Å². The van der Waals surface area contributed by atoms with Crippen LogP contribution < -0.4 is 5.43 Å². The Hall–Kier alpha value is -2.02. The van der Waals surface area contributed by atoms with Gasteiger partial charge in [-0.15, -0.1) is 0 Å². The largest absolute Gasteiger partial charge is 0.462 e. The molecule has 0 spiro atoms. The zero-order valence-corrected chi connectivity index (χ0v) is 12.7. The Kier molecular flexibility index (Phi) is 3.83. The number of esters is 1. The molecule has 1 aliphatic rings. The highest BCUT2D eigenvalue weighted by Gasteiger charge is 2.40. The minimum atomic E-state index is -1.33. The van der Waals surface area contributed by atoms with Gasteiger partial charge in [-0.3, -0.25) is 4.79 Å². The Morgan fingerprint density at radius 2 is 2.13 bits per heavy atom. The zero-order chi connectivity index (χ0) is 16.9. The van der Waals surface area contributed by atoms with E-state index in [0.717, 1.165) is 6.20 Å². The molecule has 1 aromatic carbocycles. The van der Waals surface area contributed by atoms with E-state index in [-0.39, 0.29) is 29.5 Å². The van der Waals surface area contributed by atoms with Gasteiger partial charge in [0.05, 0.1) is 23.6 Å². The highest BCUT2D eigenvalue weighted by atomic mass is 35.5. The van der Waals surface area contributed by atoms with Gasteiger partial charge < -0.3 is 9.30 Å². The van der Waals surface area contributed by atoms with Gasteiger partial charge in [0.2, 0.25) is 5.43 Å². The van der Waals surface area contributed by atoms with Crippen molar-refractivity contribution in [3.63, 3.8) is 0 Å². The number of carbonyl (C=O) groups is 1. The molecule has 122 valence electrons. The molecule has 1 heterocycles. The Balaban J connectivity index is 2.38. The van der Waals surface area contributed by atoms with Crippen molar-refractivity contribution in [3.8, 4) is 0 Å². The fourth-order valence-electron chi connectivity index (χ4n) is 2.47. The Bertz CT molecular complexity index is 881. The fourth-order valence-corrected chi connectivity index (χ4v) is 2.76. The van der Waals surface area contributed by atoms with Crippen LogP contribution in [0.3, 0.4) is 0 Å². The highest BCUT2D eigenvalue weighted by molar-refractivity contribution is 6.35. The SMILES string of the molecule is CCOC(=O)c1cn(C2CC2F)c2c(Cl)c(F)c(F)cc2c1=O. The fraction of sp³-hybridized carbons (Fsp3) is 0.333. The molecule has 0 aliphatic heterocycles. The molecule has 23 heavy (non-hydrogen) atoms. The van der Waals surface area contributed by atoms with Crippen LogP contribution in [0.25, 0.3) is 10.9 Å². The van der Waals surface area contributed by atoms with Crippen LogP contribution in [0.15, 0.2) is 17.1 Å². The normalized spacial score (nSPS) is 19.9. The number of hydrogen-bond donors (Lipinski definition) is 0. The molecule has 4 nitrogen and oxygen atoms in total. The second-order valence-corrected chi connectivity index (χ2v) is 5.58. The summed E-state index contributed by atoms with van der Waals surface area (Å²) in [5, 5.41) is -0.912. The van der Waals surface area contributed by atoms with E-state index in [1.54, 1.807) is 6.92 Å². The molecule has 2 unspecified atom stereocenters. The van der Waals surface area contributed by atoms with E-state index in [9.17, 15) is 22.8 Å². The maximum absolute atomic E-state index is 13.7. The molecule has 0 radical (unpaired) electrons. The van der Waals surface area contributed by atoms with Crippen LogP contribution in [0.1, 0.15) is 29.7 Å². The maximum Gasteiger partial charge on any atom is 0.343 e. The highest BCUT2D eigenvalue weighted by Crippen LogP contribution is 2.42. The first-order valence-corrected chi connectivity index (χ1v) is 7.28. The van der Waals surface area contributed by atoms with Crippen molar-refractivity contribution < 1.29 is 22.7 Å². The lowest BCUT2D eigenvalue weighted by Crippen LogP contribution is -2.21. The first kappa shape index (κ1) is 15.9. The molecule has 0 bridgehead atoms. The summed E-state index contributed by atoms with van der Waals surface area (Å²) in [6, 6.07) is -0.0260. The first-order valence-electron chi connectivity index (χ1n) is 6.90. The van der Waals surface area contributed by atoms with E-state index in [1.807, 2.05) is 0 Å². The Morgan fingerprint density at radius 3 is 2.70 bits per heavy atom. The predicted molar refractivity (Wildman–Crippen MR) is 77.6 cm³/mol. The summed E-state index contributed by atoms with van der Waals surface area (Å²) < 4.78 is 46.8. The lowest BCUT2D eigenvalue weighted by Gasteiger charge is -2.14. The Labute approximate surface area is 133 Å². The average molecular weight is 346 g/mol. The quantitative estimate of drug-likeness (QED) is 0.633. The summed E-state index contributed by atoms with van der Waals surface area (Å²) in [5.41, 5.74) is -1.35. The third-order valence-corrected chi connectivity index (χ3v) is 4.03. The third kappa shape index (κ3) is 2.49. The lowest BCUT2D eigenvalue weighted by molar-refractivity contribution is 0.0524. The summed E-state index contributed by atoms with van der Waals surface area (Å²) in [7, 11) is 0. The van der Waals surface area contributed by atoms with E-state index in [1.165, 1.54) is 4.57 Å². The van der Waals surface area contributed by atoms with Gasteiger partial charge in [-0.2, -0.15) is 0 Å². The molecular formula is C15H11ClF3NO3. The van der Waals surface area contributed by atoms with E-state index >= 15 is 0 Å². The number of carbonyl (C=O) groups excluding carboxylic acids is 1. The summed E-state index contributed by atoms with van der Waals surface area (Å²) >= 11 is 5.81. The van der Waals surface area contributed by atoms with Crippen LogP contribution in [-0.4, -0.2) is 23.3 Å². The molecule has 2 aromatic rings. The van der Waals surface area contributed by atoms with Gasteiger partial charge in [-0.05, 0) is 13.0 Å². The smallest absolute Gasteiger partial charge is 0.343 e. The van der Waals surface area contributed by atoms with Crippen LogP contribution >= 0.6 is 11.6 Å². The van der Waals surface area contributed by atoms with Gasteiger partial charge in [-0.1, -0.05) is 11.6 Å². The van der Waals surface area contributed by atoms with E-state index in [4.69, 9.17) is 16.3 Å². The van der Waals surface area contributed by atoms with Crippen molar-refractivity contribution in [2.75, 3.05) is 6.61 Å². The van der Waals surface area contributed by atoms with Crippen LogP contribution in [0, 0.1) is 11.6 Å². The number of benzene rings is 1. The predicted octanol–water partition coefficient (Wildman–Crippen LogP) is 3.39. The molecule has 3 rings (SSSR count). The molecule has 1 fully saturated rings. The number of ether oxygens (including phenoxy) is 1. The van der Waals surface area contributed by atoms with Crippen molar-refractivity contribution in [1.29, 1.82) is 0 Å². The number of halogens is 4. The van der Waals surface area contributed by atoms with Crippen LogP contribution in [0.5, 0.6) is 0 Å². The third-order valence-electron chi connectivity index (χ3n) is 3.69. The van der Waals surface area contributed by atoms with Crippen LogP contribution in [0.4, 0.5) is 13.2 Å². The number of hydrogen-bond acceptors (Lipinski definition) is 3. The van der Waals surface area contributed by atoms with Crippen molar-refractivity contribution in [2.45, 2.75) is 25.6 Å². The zero-order valence-electron chi connectivity index (χ0n) is 11.9. The van der Waals surface area contributed by atoms with Gasteiger partial charge in [0, 0.05) is 12.6 Å². The Morgan fingerprint density at radius 1 is 1.48 bits per heavy atom. The van der Waals surface area contributed by atoms with E-state index in [2.05, 4.69) is 0 Å². The van der Waals surface area contributed by atoms with Crippen LogP contribution in [0.2, 0.25) is 5.02 Å². The summed E-state index contributed by atoms with van der Waals surface area (Å²) in [5.74, 6) is -3.56. The molecule has 0 amide bonds. The standard InChI is InChI=1S/C15H11ClF3NO3/c1-2-23-15(22)7-5-20(10-4-8(10)17)13-6(14(7)21)3-9(18)12(19)11(13)16/h3,5,8,10H,2,4H2,1H3. The van der Waals surface area contributed by atoms with Crippen molar-refractivity contribution in [2.24, 2.45) is 0 Å². The maximum atomic E-state index is 13.7. The van der Waals surface area contributed by atoms with Gasteiger partial charge in [0.25, 0.3) is 0 Å². The first-order chi connectivity index (χ1) is 10.9. The summed E-state index contributed by atoms with van der Waals surface area (Å²) in [6.07, 6.45) is 0.0195. The van der Waals surface area contributed by atoms with Gasteiger partial charge in [0.15, 0.2) is 11.6 Å². The van der Waals surface area contributed by atoms with E-state index in [0.29, 0.717) is 6.07 Å². The second-order valence-electron chi connectivity index (χ2n) is 5.20. The minimum absolute atomic E-state index is 0.0318. The number of rotatable bonds is 3. The van der Waals surface area contributed by atoms with Crippen molar-refractivity contribution in [1.82, 2.24) is 4.57 Å². The molecule has 1 aromatic heterocycles. The molecule has 1 saturated carbocycles. The number of fused-ring (bicyclic) bond motifs is 1. The molecule has 8 heteroatoms. The minimum Gasteiger partial charge on any atom is -0.462 e. The molecule has 1 aliphatic carbocycles. The van der Waals surface area contributed by atoms with Gasteiger partial charge >= 0.3 is 5.97 Å². The average Bonchev–Trinajstić information content (AvgIpc) is 3.23. The number of pyridine rings is 1. The number of alkyl halides is 1. The van der Waals surface area contributed by atoms with Gasteiger partial charge in [-0.25, -0.2) is 18.0 Å². The molecule has 0 saturated heterocycles. The van der Waals surface area contributed by atoms with E-state index < -0.39 is 40.3 Å². The molecular weight excluding hydrogens is 335 g/mol. The monoisotopic (exact) mass is 345 g/mol.